The summed E-state index contributed by atoms with van der Waals surface area (Å²) in [5, 5.41) is -0.978. The second-order valence-corrected chi connectivity index (χ2v) is 7.48. The van der Waals surface area contributed by atoms with Crippen LogP contribution in [0.25, 0.3) is 0 Å². The molecule has 1 unspecified atom stereocenters. The first-order valence-corrected chi connectivity index (χ1v) is 9.36. The van der Waals surface area contributed by atoms with Crippen molar-refractivity contribution in [3.8, 4) is 0 Å². The van der Waals surface area contributed by atoms with Crippen molar-refractivity contribution < 1.29 is 17.8 Å². The van der Waals surface area contributed by atoms with Crippen molar-refractivity contribution in [3.63, 3.8) is 0 Å². The van der Waals surface area contributed by atoms with E-state index in [1.807, 2.05) is 0 Å². The number of Topliss-reactive ketones (excluding diaryl/α,β-unsaturated/α-hetero) is 1. The van der Waals surface area contributed by atoms with Gasteiger partial charge in [0.25, 0.3) is 10.1 Å². The van der Waals surface area contributed by atoms with Gasteiger partial charge in [-0.1, -0.05) is 58.3 Å². The molecule has 20 heavy (non-hydrogen) atoms. The van der Waals surface area contributed by atoms with E-state index >= 15 is 0 Å². The van der Waals surface area contributed by atoms with Gasteiger partial charge >= 0.3 is 0 Å². The first-order chi connectivity index (χ1) is 9.38. The van der Waals surface area contributed by atoms with Gasteiger partial charge in [0.1, 0.15) is 5.78 Å². The standard InChI is InChI=1S/C15H30O4S/c1-3-4-5-6-7-8-9-10-11-12-15(16)13-14(2)20(17,18)19/h14H,3-13H2,1-2H3,(H,17,18,19). The van der Waals surface area contributed by atoms with E-state index in [9.17, 15) is 13.2 Å². The second-order valence-electron chi connectivity index (χ2n) is 5.65. The van der Waals surface area contributed by atoms with Gasteiger partial charge in [-0.3, -0.25) is 9.35 Å². The van der Waals surface area contributed by atoms with Gasteiger partial charge in [0.15, 0.2) is 0 Å². The number of rotatable bonds is 13. The topological polar surface area (TPSA) is 71.4 Å². The summed E-state index contributed by atoms with van der Waals surface area (Å²) < 4.78 is 30.4. The highest BCUT2D eigenvalue weighted by Crippen LogP contribution is 2.12. The highest BCUT2D eigenvalue weighted by Gasteiger charge is 2.20. The Labute approximate surface area is 124 Å². The van der Waals surface area contributed by atoms with Crippen LogP contribution in [0.15, 0.2) is 0 Å². The molecule has 0 amide bonds. The normalized spacial score (nSPS) is 13.3. The average Bonchev–Trinajstić information content (AvgIpc) is 2.35. The largest absolute Gasteiger partial charge is 0.300 e. The molecule has 0 aromatic heterocycles. The third kappa shape index (κ3) is 11.4. The van der Waals surface area contributed by atoms with Crippen LogP contribution in [0, 0.1) is 0 Å². The molecule has 0 heterocycles. The zero-order valence-electron chi connectivity index (χ0n) is 12.9. The van der Waals surface area contributed by atoms with Crippen LogP contribution in [0.3, 0.4) is 0 Å². The molecule has 0 aliphatic heterocycles. The molecule has 5 heteroatoms. The predicted molar refractivity (Wildman–Crippen MR) is 82.5 cm³/mol. The van der Waals surface area contributed by atoms with Gasteiger partial charge in [0.05, 0.1) is 5.25 Å². The molecule has 4 nitrogen and oxygen atoms in total. The maximum Gasteiger partial charge on any atom is 0.267 e. The Morgan fingerprint density at radius 1 is 0.950 bits per heavy atom. The van der Waals surface area contributed by atoms with Gasteiger partial charge < -0.3 is 0 Å². The highest BCUT2D eigenvalue weighted by molar-refractivity contribution is 7.86. The first-order valence-electron chi connectivity index (χ1n) is 7.86. The minimum absolute atomic E-state index is 0.0712. The summed E-state index contributed by atoms with van der Waals surface area (Å²) in [7, 11) is -4.07. The molecule has 0 spiro atoms. The lowest BCUT2D eigenvalue weighted by molar-refractivity contribution is -0.119. The van der Waals surface area contributed by atoms with Crippen molar-refractivity contribution in [1.82, 2.24) is 0 Å². The Hall–Kier alpha value is -0.420. The molecule has 0 radical (unpaired) electrons. The SMILES string of the molecule is CCCCCCCCCCCC(=O)CC(C)S(=O)(=O)O. The van der Waals surface area contributed by atoms with Crippen molar-refractivity contribution in [2.45, 2.75) is 89.7 Å². The molecular formula is C15H30O4S. The van der Waals surface area contributed by atoms with Gasteiger partial charge in [-0.25, -0.2) is 0 Å². The lowest BCUT2D eigenvalue weighted by Gasteiger charge is -2.07. The van der Waals surface area contributed by atoms with Crippen molar-refractivity contribution in [1.29, 1.82) is 0 Å². The Balaban J connectivity index is 3.45. The van der Waals surface area contributed by atoms with Crippen molar-refractivity contribution in [3.05, 3.63) is 0 Å². The minimum atomic E-state index is -4.07. The van der Waals surface area contributed by atoms with E-state index in [1.54, 1.807) is 0 Å². The lowest BCUT2D eigenvalue weighted by Crippen LogP contribution is -2.20. The molecule has 0 rings (SSSR count). The molecule has 0 aliphatic carbocycles. The highest BCUT2D eigenvalue weighted by atomic mass is 32.2. The van der Waals surface area contributed by atoms with Gasteiger partial charge in [0, 0.05) is 12.8 Å². The molecule has 0 aromatic carbocycles. The van der Waals surface area contributed by atoms with E-state index < -0.39 is 15.4 Å². The number of hydrogen-bond acceptors (Lipinski definition) is 3. The summed E-state index contributed by atoms with van der Waals surface area (Å²) in [6, 6.07) is 0. The van der Waals surface area contributed by atoms with Crippen molar-refractivity contribution in [2.75, 3.05) is 0 Å². The molecule has 0 aliphatic rings. The Morgan fingerprint density at radius 3 is 1.85 bits per heavy atom. The van der Waals surface area contributed by atoms with Gasteiger partial charge in [-0.2, -0.15) is 8.42 Å². The third-order valence-electron chi connectivity index (χ3n) is 3.58. The molecule has 1 atom stereocenters. The van der Waals surface area contributed by atoms with Crippen molar-refractivity contribution in [2.24, 2.45) is 0 Å². The van der Waals surface area contributed by atoms with E-state index in [0.29, 0.717) is 6.42 Å². The van der Waals surface area contributed by atoms with Crippen LogP contribution >= 0.6 is 0 Å². The fraction of sp³-hybridized carbons (Fsp3) is 0.933. The van der Waals surface area contributed by atoms with Crippen LogP contribution < -0.4 is 0 Å². The Morgan fingerprint density at radius 2 is 1.40 bits per heavy atom. The van der Waals surface area contributed by atoms with Gasteiger partial charge in [-0.15, -0.1) is 0 Å². The van der Waals surface area contributed by atoms with Gasteiger partial charge in [0.2, 0.25) is 0 Å². The number of ketones is 1. The van der Waals surface area contributed by atoms with E-state index in [4.69, 9.17) is 4.55 Å². The fourth-order valence-electron chi connectivity index (χ4n) is 2.16. The summed E-state index contributed by atoms with van der Waals surface area (Å²) in [4.78, 5) is 11.5. The van der Waals surface area contributed by atoms with E-state index in [1.165, 1.54) is 45.4 Å². The quantitative estimate of drug-likeness (QED) is 0.410. The van der Waals surface area contributed by atoms with E-state index in [-0.39, 0.29) is 12.2 Å². The zero-order valence-corrected chi connectivity index (χ0v) is 13.8. The molecule has 120 valence electrons. The Kier molecular flexibility index (Phi) is 11.0. The molecule has 0 saturated carbocycles. The zero-order chi connectivity index (χ0) is 15.4. The first kappa shape index (κ1) is 19.6. The fourth-order valence-corrected chi connectivity index (χ4v) is 2.56. The van der Waals surface area contributed by atoms with Crippen LogP contribution in [0.2, 0.25) is 0 Å². The summed E-state index contributed by atoms with van der Waals surface area (Å²) >= 11 is 0. The number of carbonyl (C=O) groups is 1. The number of hydrogen-bond donors (Lipinski definition) is 1. The van der Waals surface area contributed by atoms with Crippen molar-refractivity contribution >= 4 is 15.9 Å². The molecule has 0 saturated heterocycles. The third-order valence-corrected chi connectivity index (χ3v) is 4.77. The molecule has 0 aromatic rings. The summed E-state index contributed by atoms with van der Waals surface area (Å²) in [5.41, 5.74) is 0. The van der Waals surface area contributed by atoms with Gasteiger partial charge in [-0.05, 0) is 13.3 Å². The maximum atomic E-state index is 11.5. The summed E-state index contributed by atoms with van der Waals surface area (Å²) in [5.74, 6) is -0.0712. The predicted octanol–water partition coefficient (Wildman–Crippen LogP) is 4.14. The monoisotopic (exact) mass is 306 g/mol. The maximum absolute atomic E-state index is 11.5. The summed E-state index contributed by atoms with van der Waals surface area (Å²) in [6.07, 6.45) is 11.1. The van der Waals surface area contributed by atoms with E-state index in [2.05, 4.69) is 6.92 Å². The van der Waals surface area contributed by atoms with Crippen LogP contribution in [-0.4, -0.2) is 24.0 Å². The van der Waals surface area contributed by atoms with Crippen LogP contribution in [0.5, 0.6) is 0 Å². The summed E-state index contributed by atoms with van der Waals surface area (Å²) in [6.45, 7) is 3.57. The molecule has 0 fully saturated rings. The Bertz CT molecular complexity index is 349. The van der Waals surface area contributed by atoms with Crippen LogP contribution in [0.4, 0.5) is 0 Å². The molecule has 0 bridgehead atoms. The van der Waals surface area contributed by atoms with Crippen LogP contribution in [-0.2, 0) is 14.9 Å². The van der Waals surface area contributed by atoms with E-state index in [0.717, 1.165) is 19.3 Å². The molecular weight excluding hydrogens is 276 g/mol. The second kappa shape index (κ2) is 11.3. The lowest BCUT2D eigenvalue weighted by atomic mass is 10.0. The van der Waals surface area contributed by atoms with Crippen LogP contribution in [0.1, 0.15) is 84.5 Å². The molecule has 1 N–H and O–H groups in total. The number of unbranched alkanes of at least 4 members (excludes halogenated alkanes) is 8. The minimum Gasteiger partial charge on any atom is -0.300 e. The average molecular weight is 306 g/mol. The smallest absolute Gasteiger partial charge is 0.267 e. The number of carbonyl (C=O) groups excluding carboxylic acids is 1.